The van der Waals surface area contributed by atoms with Crippen molar-refractivity contribution in [2.45, 2.75) is 38.6 Å². The van der Waals surface area contributed by atoms with Gasteiger partial charge in [0.25, 0.3) is 0 Å². The number of benzene rings is 1. The molecule has 0 aliphatic heterocycles. The van der Waals surface area contributed by atoms with E-state index in [9.17, 15) is 0 Å². The minimum Gasteiger partial charge on any atom is -0.380 e. The van der Waals surface area contributed by atoms with E-state index in [1.807, 2.05) is 0 Å². The van der Waals surface area contributed by atoms with Crippen LogP contribution >= 0.6 is 15.9 Å². The molecule has 0 heterocycles. The largest absolute Gasteiger partial charge is 0.380 e. The number of rotatable bonds is 2. The third kappa shape index (κ3) is 3.01. The summed E-state index contributed by atoms with van der Waals surface area (Å²) in [5, 5.41) is 12.7. The first-order chi connectivity index (χ1) is 8.20. The quantitative estimate of drug-likeness (QED) is 0.884. The maximum Gasteiger partial charge on any atom is 0.0677 e. The second-order valence-corrected chi connectivity index (χ2v) is 5.61. The number of anilines is 1. The number of hydrogen-bond acceptors (Lipinski definition) is 2. The molecule has 1 aromatic rings. The van der Waals surface area contributed by atoms with Gasteiger partial charge in [-0.05, 0) is 53.4 Å². The molecule has 0 spiro atoms. The molecule has 1 fully saturated rings. The molecule has 17 heavy (non-hydrogen) atoms. The van der Waals surface area contributed by atoms with E-state index in [0.717, 1.165) is 23.0 Å². The van der Waals surface area contributed by atoms with Crippen LogP contribution in [0.3, 0.4) is 0 Å². The molecular weight excluding hydrogens is 276 g/mol. The lowest BCUT2D eigenvalue weighted by molar-refractivity contribution is 0.388. The molecule has 0 bridgehead atoms. The van der Waals surface area contributed by atoms with Crippen molar-refractivity contribution in [1.82, 2.24) is 0 Å². The van der Waals surface area contributed by atoms with Crippen molar-refractivity contribution < 1.29 is 0 Å². The Bertz CT molecular complexity index is 436. The van der Waals surface area contributed by atoms with E-state index in [0.29, 0.717) is 6.04 Å². The fourth-order valence-corrected chi connectivity index (χ4v) is 2.77. The minimum atomic E-state index is 0.149. The summed E-state index contributed by atoms with van der Waals surface area (Å²) in [5.41, 5.74) is 2.34. The zero-order valence-electron chi connectivity index (χ0n) is 10.0. The van der Waals surface area contributed by atoms with Gasteiger partial charge >= 0.3 is 0 Å². The average Bonchev–Trinajstić information content (AvgIpc) is 2.34. The molecule has 3 heteroatoms. The standard InChI is InChI=1S/C14H17BrN2/c1-10-6-7-12(15)14(8-10)17-13-5-3-2-4-11(13)9-16/h6-8,11,13,17H,2-5H2,1H3. The van der Waals surface area contributed by atoms with E-state index in [2.05, 4.69) is 52.4 Å². The van der Waals surface area contributed by atoms with Crippen LogP contribution in [0.5, 0.6) is 0 Å². The summed E-state index contributed by atoms with van der Waals surface area (Å²) in [5.74, 6) is 0.149. The molecule has 0 saturated heterocycles. The molecule has 1 aromatic carbocycles. The number of aryl methyl sites for hydroxylation is 1. The average molecular weight is 293 g/mol. The Labute approximate surface area is 111 Å². The summed E-state index contributed by atoms with van der Waals surface area (Å²) in [4.78, 5) is 0. The number of halogens is 1. The monoisotopic (exact) mass is 292 g/mol. The van der Waals surface area contributed by atoms with Gasteiger partial charge in [0.2, 0.25) is 0 Å². The van der Waals surface area contributed by atoms with E-state index in [-0.39, 0.29) is 5.92 Å². The van der Waals surface area contributed by atoms with Gasteiger partial charge in [0.1, 0.15) is 0 Å². The molecule has 2 atom stereocenters. The summed E-state index contributed by atoms with van der Waals surface area (Å²) in [6, 6.07) is 9.00. The Hall–Kier alpha value is -1.01. The number of nitrogens with one attached hydrogen (secondary N) is 1. The van der Waals surface area contributed by atoms with E-state index in [1.165, 1.54) is 18.4 Å². The highest BCUT2D eigenvalue weighted by Crippen LogP contribution is 2.30. The first-order valence-electron chi connectivity index (χ1n) is 6.13. The van der Waals surface area contributed by atoms with Crippen molar-refractivity contribution >= 4 is 21.6 Å². The smallest absolute Gasteiger partial charge is 0.0677 e. The Morgan fingerprint density at radius 3 is 2.88 bits per heavy atom. The fourth-order valence-electron chi connectivity index (χ4n) is 2.41. The van der Waals surface area contributed by atoms with Crippen molar-refractivity contribution in [3.8, 4) is 6.07 Å². The van der Waals surface area contributed by atoms with Crippen LogP contribution in [0.15, 0.2) is 22.7 Å². The van der Waals surface area contributed by atoms with Crippen molar-refractivity contribution in [2.24, 2.45) is 5.92 Å². The highest BCUT2D eigenvalue weighted by atomic mass is 79.9. The molecular formula is C14H17BrN2. The van der Waals surface area contributed by atoms with Crippen molar-refractivity contribution in [1.29, 1.82) is 5.26 Å². The molecule has 1 N–H and O–H groups in total. The van der Waals surface area contributed by atoms with Crippen LogP contribution in [-0.4, -0.2) is 6.04 Å². The lowest BCUT2D eigenvalue weighted by atomic mass is 9.85. The molecule has 2 rings (SSSR count). The van der Waals surface area contributed by atoms with Gasteiger partial charge in [-0.25, -0.2) is 0 Å². The summed E-state index contributed by atoms with van der Waals surface area (Å²) in [6.07, 6.45) is 4.53. The van der Waals surface area contributed by atoms with Gasteiger partial charge < -0.3 is 5.32 Å². The summed E-state index contributed by atoms with van der Waals surface area (Å²) in [7, 11) is 0. The third-order valence-electron chi connectivity index (χ3n) is 3.39. The summed E-state index contributed by atoms with van der Waals surface area (Å²) < 4.78 is 1.07. The van der Waals surface area contributed by atoms with Crippen molar-refractivity contribution in [3.05, 3.63) is 28.2 Å². The second-order valence-electron chi connectivity index (χ2n) is 4.75. The Morgan fingerprint density at radius 2 is 2.12 bits per heavy atom. The van der Waals surface area contributed by atoms with Gasteiger partial charge in [0.15, 0.2) is 0 Å². The zero-order chi connectivity index (χ0) is 12.3. The van der Waals surface area contributed by atoms with E-state index < -0.39 is 0 Å². The molecule has 1 saturated carbocycles. The lowest BCUT2D eigenvalue weighted by Crippen LogP contribution is -2.31. The van der Waals surface area contributed by atoms with Gasteiger partial charge in [0, 0.05) is 16.2 Å². The molecule has 1 aliphatic carbocycles. The molecule has 0 amide bonds. The van der Waals surface area contributed by atoms with Crippen LogP contribution < -0.4 is 5.32 Å². The van der Waals surface area contributed by atoms with Crippen molar-refractivity contribution in [3.63, 3.8) is 0 Å². The molecule has 2 unspecified atom stereocenters. The van der Waals surface area contributed by atoms with Gasteiger partial charge in [0.05, 0.1) is 12.0 Å². The van der Waals surface area contributed by atoms with Crippen LogP contribution in [0.2, 0.25) is 0 Å². The first kappa shape index (κ1) is 12.4. The van der Waals surface area contributed by atoms with Gasteiger partial charge in [-0.2, -0.15) is 5.26 Å². The topological polar surface area (TPSA) is 35.8 Å². The first-order valence-corrected chi connectivity index (χ1v) is 6.92. The van der Waals surface area contributed by atoms with Crippen LogP contribution in [0, 0.1) is 24.2 Å². The molecule has 2 nitrogen and oxygen atoms in total. The SMILES string of the molecule is Cc1ccc(Br)c(NC2CCCCC2C#N)c1. The number of hydrogen-bond donors (Lipinski definition) is 1. The van der Waals surface area contributed by atoms with E-state index in [1.54, 1.807) is 0 Å². The maximum absolute atomic E-state index is 9.16. The van der Waals surface area contributed by atoms with E-state index in [4.69, 9.17) is 5.26 Å². The summed E-state index contributed by atoms with van der Waals surface area (Å²) in [6.45, 7) is 2.08. The molecule has 0 aromatic heterocycles. The molecule has 1 aliphatic rings. The number of nitrogens with zero attached hydrogens (tertiary/aromatic N) is 1. The van der Waals surface area contributed by atoms with Gasteiger partial charge in [-0.1, -0.05) is 18.9 Å². The highest BCUT2D eigenvalue weighted by molar-refractivity contribution is 9.10. The van der Waals surface area contributed by atoms with E-state index >= 15 is 0 Å². The maximum atomic E-state index is 9.16. The van der Waals surface area contributed by atoms with Crippen LogP contribution in [0.4, 0.5) is 5.69 Å². The zero-order valence-corrected chi connectivity index (χ0v) is 11.6. The predicted octanol–water partition coefficient (Wildman–Crippen LogP) is 4.25. The fraction of sp³-hybridized carbons (Fsp3) is 0.500. The molecule has 90 valence electrons. The summed E-state index contributed by atoms with van der Waals surface area (Å²) >= 11 is 3.55. The Balaban J connectivity index is 2.14. The van der Waals surface area contributed by atoms with Crippen molar-refractivity contribution in [2.75, 3.05) is 5.32 Å². The van der Waals surface area contributed by atoms with Gasteiger partial charge in [-0.15, -0.1) is 0 Å². The van der Waals surface area contributed by atoms with Gasteiger partial charge in [-0.3, -0.25) is 0 Å². The second kappa shape index (κ2) is 5.55. The van der Waals surface area contributed by atoms with Crippen LogP contribution in [0.1, 0.15) is 31.2 Å². The van der Waals surface area contributed by atoms with Crippen LogP contribution in [-0.2, 0) is 0 Å². The number of nitriles is 1. The van der Waals surface area contributed by atoms with Crippen LogP contribution in [0.25, 0.3) is 0 Å². The predicted molar refractivity (Wildman–Crippen MR) is 73.9 cm³/mol. The Kier molecular flexibility index (Phi) is 4.06. The Morgan fingerprint density at radius 1 is 1.35 bits per heavy atom. The lowest BCUT2D eigenvalue weighted by Gasteiger charge is -2.29. The normalized spacial score (nSPS) is 24.1. The molecule has 0 radical (unpaired) electrons. The highest BCUT2D eigenvalue weighted by Gasteiger charge is 2.25. The third-order valence-corrected chi connectivity index (χ3v) is 4.09. The minimum absolute atomic E-state index is 0.149.